The zero-order valence-corrected chi connectivity index (χ0v) is 16.0. The van der Waals surface area contributed by atoms with E-state index >= 15 is 0 Å². The maximum Gasteiger partial charge on any atom is 0.203 e. The molecule has 0 aliphatic carbocycles. The highest BCUT2D eigenvalue weighted by Gasteiger charge is 2.04. The molecule has 3 aromatic rings. The number of benzene rings is 2. The lowest BCUT2D eigenvalue weighted by atomic mass is 10.2. The molecule has 0 saturated carbocycles. The molecule has 1 N–H and O–H groups in total. The van der Waals surface area contributed by atoms with Gasteiger partial charge >= 0.3 is 0 Å². The molecule has 27 heavy (non-hydrogen) atoms. The third kappa shape index (κ3) is 5.89. The predicted molar refractivity (Wildman–Crippen MR) is 110 cm³/mol. The van der Waals surface area contributed by atoms with E-state index in [4.69, 9.17) is 4.74 Å². The van der Waals surface area contributed by atoms with E-state index in [1.807, 2.05) is 35.7 Å². The van der Waals surface area contributed by atoms with Crippen LogP contribution >= 0.6 is 11.3 Å². The van der Waals surface area contributed by atoms with Crippen LogP contribution in [0.2, 0.25) is 0 Å². The Kier molecular flexibility index (Phi) is 6.93. The number of hydrogen-bond acceptors (Lipinski definition) is 5. The van der Waals surface area contributed by atoms with Gasteiger partial charge < -0.3 is 4.74 Å². The number of aromatic nitrogens is 1. The number of halogens is 1. The van der Waals surface area contributed by atoms with Gasteiger partial charge in [-0.1, -0.05) is 50.1 Å². The van der Waals surface area contributed by atoms with E-state index in [1.54, 1.807) is 12.3 Å². The summed E-state index contributed by atoms with van der Waals surface area (Å²) < 4.78 is 19.4. The van der Waals surface area contributed by atoms with Gasteiger partial charge in [0.05, 0.1) is 18.5 Å². The minimum absolute atomic E-state index is 0.343. The first-order valence-corrected chi connectivity index (χ1v) is 9.86. The van der Waals surface area contributed by atoms with Crippen molar-refractivity contribution in [2.45, 2.75) is 26.2 Å². The molecule has 0 unspecified atom stereocenters. The highest BCUT2D eigenvalue weighted by atomic mass is 32.1. The first-order valence-electron chi connectivity index (χ1n) is 8.98. The van der Waals surface area contributed by atoms with Crippen molar-refractivity contribution in [2.24, 2.45) is 5.10 Å². The molecule has 0 aliphatic rings. The van der Waals surface area contributed by atoms with E-state index in [9.17, 15) is 4.39 Å². The number of nitrogens with one attached hydrogen (secondary N) is 1. The number of hydrogen-bond donors (Lipinski definition) is 1. The Hall–Kier alpha value is -2.73. The third-order valence-corrected chi connectivity index (χ3v) is 4.60. The molecule has 0 saturated heterocycles. The molecule has 0 bridgehead atoms. The molecule has 3 rings (SSSR count). The summed E-state index contributed by atoms with van der Waals surface area (Å²) in [7, 11) is 0. The van der Waals surface area contributed by atoms with Crippen LogP contribution in [0, 0.1) is 5.82 Å². The molecule has 6 heteroatoms. The third-order valence-electron chi connectivity index (χ3n) is 3.86. The number of unbranched alkanes of at least 4 members (excludes halogenated alkanes) is 2. The van der Waals surface area contributed by atoms with Crippen LogP contribution in [0.1, 0.15) is 31.7 Å². The van der Waals surface area contributed by atoms with Crippen molar-refractivity contribution in [3.63, 3.8) is 0 Å². The second-order valence-electron chi connectivity index (χ2n) is 6.05. The fourth-order valence-corrected chi connectivity index (χ4v) is 3.18. The van der Waals surface area contributed by atoms with Crippen LogP contribution in [0.25, 0.3) is 11.3 Å². The molecule has 0 amide bonds. The molecule has 4 nitrogen and oxygen atoms in total. The molecule has 1 aromatic heterocycles. The summed E-state index contributed by atoms with van der Waals surface area (Å²) in [6, 6.07) is 14.5. The zero-order valence-electron chi connectivity index (χ0n) is 15.2. The Morgan fingerprint density at radius 1 is 1.19 bits per heavy atom. The fraction of sp³-hybridized carbons (Fsp3) is 0.238. The van der Waals surface area contributed by atoms with E-state index in [0.29, 0.717) is 23.1 Å². The van der Waals surface area contributed by atoms with Crippen LogP contribution in [0.15, 0.2) is 59.0 Å². The Labute approximate surface area is 162 Å². The van der Waals surface area contributed by atoms with Crippen LogP contribution in [0.4, 0.5) is 9.52 Å². The second-order valence-corrected chi connectivity index (χ2v) is 6.91. The van der Waals surface area contributed by atoms with Crippen LogP contribution in [-0.4, -0.2) is 17.8 Å². The van der Waals surface area contributed by atoms with Gasteiger partial charge in [0.25, 0.3) is 0 Å². The predicted octanol–water partition coefficient (Wildman–Crippen LogP) is 5.96. The number of thiazole rings is 1. The molecule has 140 valence electrons. The van der Waals surface area contributed by atoms with Gasteiger partial charge in [-0.05, 0) is 18.6 Å². The van der Waals surface area contributed by atoms with Crippen molar-refractivity contribution in [3.8, 4) is 17.0 Å². The zero-order chi connectivity index (χ0) is 18.9. The normalized spacial score (nSPS) is 11.0. The van der Waals surface area contributed by atoms with Gasteiger partial charge in [0.1, 0.15) is 11.6 Å². The SMILES string of the molecule is CCCCCOc1cc(F)cc(C=NNc2nc(-c3ccccc3)cs2)c1. The van der Waals surface area contributed by atoms with Gasteiger partial charge in [-0.15, -0.1) is 11.3 Å². The van der Waals surface area contributed by atoms with Crippen molar-refractivity contribution >= 4 is 22.7 Å². The maximum absolute atomic E-state index is 13.8. The van der Waals surface area contributed by atoms with Crippen molar-refractivity contribution in [3.05, 3.63) is 65.3 Å². The smallest absolute Gasteiger partial charge is 0.203 e. The lowest BCUT2D eigenvalue weighted by Gasteiger charge is -2.06. The van der Waals surface area contributed by atoms with Crippen molar-refractivity contribution in [2.75, 3.05) is 12.0 Å². The van der Waals surface area contributed by atoms with E-state index in [0.717, 1.165) is 30.5 Å². The van der Waals surface area contributed by atoms with Gasteiger partial charge in [0.2, 0.25) is 5.13 Å². The van der Waals surface area contributed by atoms with E-state index < -0.39 is 0 Å². The molecule has 0 atom stereocenters. The molecular formula is C21H22FN3OS. The largest absolute Gasteiger partial charge is 0.493 e. The number of hydrazone groups is 1. The van der Waals surface area contributed by atoms with Gasteiger partial charge in [-0.2, -0.15) is 5.10 Å². The van der Waals surface area contributed by atoms with Gasteiger partial charge in [0, 0.05) is 22.6 Å². The molecule has 0 fully saturated rings. The molecule has 2 aromatic carbocycles. The number of ether oxygens (including phenoxy) is 1. The highest BCUT2D eigenvalue weighted by molar-refractivity contribution is 7.14. The summed E-state index contributed by atoms with van der Waals surface area (Å²) >= 11 is 1.47. The van der Waals surface area contributed by atoms with E-state index in [2.05, 4.69) is 22.4 Å². The summed E-state index contributed by atoms with van der Waals surface area (Å²) in [6.07, 6.45) is 4.75. The quantitative estimate of drug-likeness (QED) is 0.281. The minimum Gasteiger partial charge on any atom is -0.493 e. The molecule has 0 spiro atoms. The minimum atomic E-state index is -0.343. The summed E-state index contributed by atoms with van der Waals surface area (Å²) in [6.45, 7) is 2.72. The standard InChI is InChI=1S/C21H22FN3OS/c1-2-3-7-10-26-19-12-16(11-18(22)13-19)14-23-25-21-24-20(15-27-21)17-8-5-4-6-9-17/h4-6,8-9,11-15H,2-3,7,10H2,1H3,(H,24,25). The van der Waals surface area contributed by atoms with Crippen molar-refractivity contribution in [1.29, 1.82) is 0 Å². The highest BCUT2D eigenvalue weighted by Crippen LogP contribution is 2.24. The lowest BCUT2D eigenvalue weighted by Crippen LogP contribution is -1.99. The number of nitrogens with zero attached hydrogens (tertiary/aromatic N) is 2. The summed E-state index contributed by atoms with van der Waals surface area (Å²) in [4.78, 5) is 4.50. The van der Waals surface area contributed by atoms with Crippen LogP contribution in [0.3, 0.4) is 0 Å². The maximum atomic E-state index is 13.8. The van der Waals surface area contributed by atoms with Crippen LogP contribution in [-0.2, 0) is 0 Å². The lowest BCUT2D eigenvalue weighted by molar-refractivity contribution is 0.305. The fourth-order valence-electron chi connectivity index (χ4n) is 2.51. The second kappa shape index (κ2) is 9.83. The van der Waals surface area contributed by atoms with Crippen LogP contribution < -0.4 is 10.2 Å². The Bertz CT molecular complexity index is 880. The molecule has 1 heterocycles. The average molecular weight is 383 g/mol. The van der Waals surface area contributed by atoms with Gasteiger partial charge in [-0.25, -0.2) is 9.37 Å². The first-order chi connectivity index (χ1) is 13.2. The summed E-state index contributed by atoms with van der Waals surface area (Å²) in [5, 5.41) is 6.81. The van der Waals surface area contributed by atoms with Gasteiger partial charge in [-0.3, -0.25) is 5.43 Å². The number of rotatable bonds is 9. The van der Waals surface area contributed by atoms with Crippen molar-refractivity contribution < 1.29 is 9.13 Å². The Morgan fingerprint density at radius 2 is 2.04 bits per heavy atom. The van der Waals surface area contributed by atoms with E-state index in [1.165, 1.54) is 23.5 Å². The molecule has 0 radical (unpaired) electrons. The summed E-state index contributed by atoms with van der Waals surface area (Å²) in [5.41, 5.74) is 5.48. The van der Waals surface area contributed by atoms with Crippen molar-refractivity contribution in [1.82, 2.24) is 4.98 Å². The Balaban J connectivity index is 1.59. The average Bonchev–Trinajstić information content (AvgIpc) is 3.15. The first kappa shape index (κ1) is 19.0. The molecular weight excluding hydrogens is 361 g/mol. The monoisotopic (exact) mass is 383 g/mol. The van der Waals surface area contributed by atoms with Crippen LogP contribution in [0.5, 0.6) is 5.75 Å². The summed E-state index contributed by atoms with van der Waals surface area (Å²) in [5.74, 6) is 0.179. The molecule has 0 aliphatic heterocycles. The Morgan fingerprint density at radius 3 is 2.85 bits per heavy atom. The van der Waals surface area contributed by atoms with E-state index in [-0.39, 0.29) is 5.82 Å². The topological polar surface area (TPSA) is 46.5 Å². The number of anilines is 1. The van der Waals surface area contributed by atoms with Gasteiger partial charge in [0.15, 0.2) is 0 Å².